The van der Waals surface area contributed by atoms with Crippen molar-refractivity contribution in [2.24, 2.45) is 0 Å². The number of aromatic nitrogens is 1. The van der Waals surface area contributed by atoms with Crippen LogP contribution < -0.4 is 5.11 Å². The summed E-state index contributed by atoms with van der Waals surface area (Å²) < 4.78 is 13.7. The van der Waals surface area contributed by atoms with E-state index in [4.69, 9.17) is 0 Å². The van der Waals surface area contributed by atoms with Gasteiger partial charge in [-0.15, -0.1) is 0 Å². The van der Waals surface area contributed by atoms with E-state index >= 15 is 0 Å². The number of H-pyrrole nitrogens is 1. The Bertz CT molecular complexity index is 746. The third kappa shape index (κ3) is 1.38. The lowest BCUT2D eigenvalue weighted by Crippen LogP contribution is -2.22. The van der Waals surface area contributed by atoms with Gasteiger partial charge in [0, 0.05) is 16.3 Å². The van der Waals surface area contributed by atoms with Gasteiger partial charge < -0.3 is 14.9 Å². The number of hydrogen-bond acceptors (Lipinski definition) is 2. The lowest BCUT2D eigenvalue weighted by Gasteiger charge is -2.00. The van der Waals surface area contributed by atoms with Crippen molar-refractivity contribution in [3.05, 3.63) is 47.9 Å². The molecule has 2 aromatic carbocycles. The van der Waals surface area contributed by atoms with Crippen LogP contribution in [0.5, 0.6) is 0 Å². The maximum Gasteiger partial charge on any atom is 0.133 e. The van der Waals surface area contributed by atoms with Gasteiger partial charge >= 0.3 is 0 Å². The Hall–Kier alpha value is -2.36. The number of carbonyl (C=O) groups excluding carboxylic acids is 1. The molecular formula is C13H7FNO2-. The highest BCUT2D eigenvalue weighted by atomic mass is 19.1. The zero-order chi connectivity index (χ0) is 12.0. The second-order valence-corrected chi connectivity index (χ2v) is 3.84. The highest BCUT2D eigenvalue weighted by Crippen LogP contribution is 2.28. The van der Waals surface area contributed by atoms with Gasteiger partial charge in [-0.05, 0) is 17.5 Å². The molecule has 0 saturated heterocycles. The predicted molar refractivity (Wildman–Crippen MR) is 60.1 cm³/mol. The van der Waals surface area contributed by atoms with Crippen molar-refractivity contribution >= 4 is 27.6 Å². The minimum atomic E-state index is -1.30. The molecule has 17 heavy (non-hydrogen) atoms. The fourth-order valence-corrected chi connectivity index (χ4v) is 2.05. The lowest BCUT2D eigenvalue weighted by atomic mass is 10.1. The first-order valence-corrected chi connectivity index (χ1v) is 5.08. The average molecular weight is 228 g/mol. The van der Waals surface area contributed by atoms with E-state index in [1.54, 1.807) is 24.3 Å². The van der Waals surface area contributed by atoms with Crippen molar-refractivity contribution in [2.75, 3.05) is 0 Å². The number of hydrogen-bond donors (Lipinski definition) is 1. The van der Waals surface area contributed by atoms with Gasteiger partial charge in [0.1, 0.15) is 5.82 Å². The summed E-state index contributed by atoms with van der Waals surface area (Å²) in [5.74, 6) is -1.68. The number of aromatic carboxylic acids is 1. The maximum absolute atomic E-state index is 13.7. The van der Waals surface area contributed by atoms with E-state index in [9.17, 15) is 14.3 Å². The van der Waals surface area contributed by atoms with Gasteiger partial charge in [0.2, 0.25) is 0 Å². The van der Waals surface area contributed by atoms with E-state index in [0.717, 1.165) is 0 Å². The fourth-order valence-electron chi connectivity index (χ4n) is 2.05. The number of nitrogens with one attached hydrogen (secondary N) is 1. The molecule has 1 aromatic heterocycles. The zero-order valence-corrected chi connectivity index (χ0v) is 8.66. The summed E-state index contributed by atoms with van der Waals surface area (Å²) in [5, 5.41) is 12.6. The molecule has 0 unspecified atom stereocenters. The molecule has 0 bridgehead atoms. The minimum Gasteiger partial charge on any atom is -0.543 e. The summed E-state index contributed by atoms with van der Waals surface area (Å²) in [6.07, 6.45) is 0. The Labute approximate surface area is 95.5 Å². The molecule has 0 aliphatic carbocycles. The van der Waals surface area contributed by atoms with Crippen molar-refractivity contribution in [1.29, 1.82) is 0 Å². The molecule has 1 N–H and O–H groups in total. The summed E-state index contributed by atoms with van der Waals surface area (Å²) in [5.41, 5.74) is 0.413. The van der Waals surface area contributed by atoms with E-state index in [1.807, 2.05) is 0 Å². The van der Waals surface area contributed by atoms with E-state index in [1.165, 1.54) is 12.1 Å². The van der Waals surface area contributed by atoms with Crippen LogP contribution in [0, 0.1) is 5.82 Å². The normalized spacial score (nSPS) is 11.1. The van der Waals surface area contributed by atoms with E-state index in [-0.39, 0.29) is 11.5 Å². The van der Waals surface area contributed by atoms with Gasteiger partial charge in [-0.2, -0.15) is 0 Å². The topological polar surface area (TPSA) is 55.9 Å². The smallest absolute Gasteiger partial charge is 0.133 e. The molecule has 0 spiro atoms. The molecule has 84 valence electrons. The van der Waals surface area contributed by atoms with Gasteiger partial charge in [-0.25, -0.2) is 4.39 Å². The third-order valence-corrected chi connectivity index (χ3v) is 2.81. The minimum absolute atomic E-state index is 0.0456. The molecule has 0 atom stereocenters. The largest absolute Gasteiger partial charge is 0.543 e. The molecule has 3 aromatic rings. The van der Waals surface area contributed by atoms with Crippen LogP contribution in [0.15, 0.2) is 36.4 Å². The molecule has 0 amide bonds. The Morgan fingerprint density at radius 2 is 1.82 bits per heavy atom. The highest BCUT2D eigenvalue weighted by Gasteiger charge is 2.09. The van der Waals surface area contributed by atoms with Crippen molar-refractivity contribution in [3.63, 3.8) is 0 Å². The number of carboxylic acids is 1. The van der Waals surface area contributed by atoms with Crippen molar-refractivity contribution in [1.82, 2.24) is 4.98 Å². The molecule has 0 radical (unpaired) electrons. The van der Waals surface area contributed by atoms with Gasteiger partial charge in [-0.1, -0.05) is 24.3 Å². The quantitative estimate of drug-likeness (QED) is 0.690. The van der Waals surface area contributed by atoms with Crippen LogP contribution in [0.1, 0.15) is 10.5 Å². The van der Waals surface area contributed by atoms with E-state index in [0.29, 0.717) is 21.7 Å². The Balaban J connectivity index is 2.50. The van der Waals surface area contributed by atoms with Gasteiger partial charge in [0.15, 0.2) is 0 Å². The third-order valence-electron chi connectivity index (χ3n) is 2.81. The molecule has 0 aliphatic heterocycles. The van der Waals surface area contributed by atoms with Crippen LogP contribution in [-0.2, 0) is 0 Å². The second-order valence-electron chi connectivity index (χ2n) is 3.84. The van der Waals surface area contributed by atoms with Crippen LogP contribution in [-0.4, -0.2) is 11.0 Å². The number of aromatic amines is 1. The molecular weight excluding hydrogens is 221 g/mol. The van der Waals surface area contributed by atoms with Crippen LogP contribution in [0.2, 0.25) is 0 Å². The summed E-state index contributed by atoms with van der Waals surface area (Å²) in [7, 11) is 0. The summed E-state index contributed by atoms with van der Waals surface area (Å²) in [6.45, 7) is 0. The molecule has 0 saturated carbocycles. The molecule has 0 aliphatic rings. The summed E-state index contributed by atoms with van der Waals surface area (Å²) >= 11 is 0. The molecule has 3 rings (SSSR count). The maximum atomic E-state index is 13.7. The second kappa shape index (κ2) is 3.31. The fraction of sp³-hybridized carbons (Fsp3) is 0. The van der Waals surface area contributed by atoms with E-state index in [2.05, 4.69) is 4.98 Å². The standard InChI is InChI=1S/C13H8FNO2/c14-10-6-11-9(5-12(15-11)13(16)17)7-3-1-2-4-8(7)10/h1-6,15H,(H,16,17)/p-1. The van der Waals surface area contributed by atoms with Gasteiger partial charge in [0.25, 0.3) is 0 Å². The molecule has 1 heterocycles. The first-order valence-electron chi connectivity index (χ1n) is 5.08. The van der Waals surface area contributed by atoms with Gasteiger partial charge in [-0.3, -0.25) is 0 Å². The monoisotopic (exact) mass is 228 g/mol. The Morgan fingerprint density at radius 3 is 2.53 bits per heavy atom. The number of fused-ring (bicyclic) bond motifs is 3. The summed E-state index contributed by atoms with van der Waals surface area (Å²) in [6, 6.07) is 9.70. The van der Waals surface area contributed by atoms with Gasteiger partial charge in [0.05, 0.1) is 11.7 Å². The number of benzene rings is 2. The van der Waals surface area contributed by atoms with Crippen molar-refractivity contribution in [2.45, 2.75) is 0 Å². The van der Waals surface area contributed by atoms with Crippen LogP contribution in [0.25, 0.3) is 21.7 Å². The number of halogens is 1. The van der Waals surface area contributed by atoms with Crippen molar-refractivity contribution in [3.8, 4) is 0 Å². The summed E-state index contributed by atoms with van der Waals surface area (Å²) in [4.78, 5) is 13.4. The first-order chi connectivity index (χ1) is 8.16. The zero-order valence-electron chi connectivity index (χ0n) is 8.66. The molecule has 0 fully saturated rings. The molecule has 3 nitrogen and oxygen atoms in total. The number of carbonyl (C=O) groups is 1. The predicted octanol–water partition coefficient (Wildman–Crippen LogP) is 1.82. The Morgan fingerprint density at radius 1 is 1.12 bits per heavy atom. The Kier molecular flexibility index (Phi) is 1.92. The number of rotatable bonds is 1. The first kappa shape index (κ1) is 9.84. The average Bonchev–Trinajstić information content (AvgIpc) is 2.73. The van der Waals surface area contributed by atoms with E-state index < -0.39 is 5.97 Å². The van der Waals surface area contributed by atoms with Crippen LogP contribution >= 0.6 is 0 Å². The van der Waals surface area contributed by atoms with Crippen molar-refractivity contribution < 1.29 is 14.3 Å². The van der Waals surface area contributed by atoms with Crippen LogP contribution in [0.4, 0.5) is 4.39 Å². The lowest BCUT2D eigenvalue weighted by molar-refractivity contribution is -0.255. The highest BCUT2D eigenvalue weighted by molar-refractivity contribution is 6.09. The van der Waals surface area contributed by atoms with Crippen LogP contribution in [0.3, 0.4) is 0 Å². The number of carboxylic acid groups (broad SMARTS) is 1. The SMILES string of the molecule is O=C([O-])c1cc2c(cc(F)c3ccccc32)[nH]1. The molecule has 4 heteroatoms.